The maximum atomic E-state index is 12.6. The molecule has 0 radical (unpaired) electrons. The molecule has 1 aromatic heterocycles. The maximum absolute atomic E-state index is 12.6. The van der Waals surface area contributed by atoms with Crippen LogP contribution in [0.5, 0.6) is 11.5 Å². The fourth-order valence-electron chi connectivity index (χ4n) is 2.78. The van der Waals surface area contributed by atoms with Gasteiger partial charge in [-0.1, -0.05) is 6.07 Å². The van der Waals surface area contributed by atoms with Crippen LogP contribution < -0.4 is 20.5 Å². The Morgan fingerprint density at radius 3 is 2.74 bits per heavy atom. The zero-order chi connectivity index (χ0) is 22.4. The number of carbonyl (C=O) groups is 3. The molecule has 2 aromatic rings. The summed E-state index contributed by atoms with van der Waals surface area (Å²) in [5, 5.41) is 2.16. The molecule has 162 valence electrons. The Bertz CT molecular complexity index is 1040. The molecule has 2 heterocycles. The fourth-order valence-corrected chi connectivity index (χ4v) is 3.65. The van der Waals surface area contributed by atoms with Gasteiger partial charge < -0.3 is 20.5 Å². The average Bonchev–Trinajstić information content (AvgIpc) is 3.02. The Hall–Kier alpha value is -3.60. The topological polar surface area (TPSA) is 137 Å². The zero-order valence-corrected chi connectivity index (χ0v) is 17.8. The number of benzene rings is 1. The lowest BCUT2D eigenvalue weighted by Gasteiger charge is -2.13. The number of imide groups is 1. The van der Waals surface area contributed by atoms with E-state index in [-0.39, 0.29) is 29.5 Å². The Labute approximate surface area is 182 Å². The number of ether oxygens (including phenoxy) is 2. The van der Waals surface area contributed by atoms with Crippen molar-refractivity contribution in [1.29, 1.82) is 0 Å². The number of rotatable bonds is 8. The van der Waals surface area contributed by atoms with Gasteiger partial charge in [0.1, 0.15) is 0 Å². The third-order valence-corrected chi connectivity index (χ3v) is 5.13. The minimum absolute atomic E-state index is 0.000108. The molecule has 0 bridgehead atoms. The number of anilines is 1. The van der Waals surface area contributed by atoms with Crippen LogP contribution in [0.15, 0.2) is 35.5 Å². The highest BCUT2D eigenvalue weighted by atomic mass is 32.2. The lowest BCUT2D eigenvalue weighted by atomic mass is 10.2. The average molecular weight is 443 g/mol. The van der Waals surface area contributed by atoms with Crippen molar-refractivity contribution in [1.82, 2.24) is 20.2 Å². The number of hydrogen-bond donors (Lipinski definition) is 2. The first kappa shape index (κ1) is 22.1. The van der Waals surface area contributed by atoms with Crippen LogP contribution in [0.1, 0.15) is 23.0 Å². The summed E-state index contributed by atoms with van der Waals surface area (Å²) in [6, 6.07) is 5.24. The number of carbonyl (C=O) groups excluding carboxylic acids is 3. The van der Waals surface area contributed by atoms with Crippen LogP contribution in [0.4, 0.5) is 10.6 Å². The first-order valence-corrected chi connectivity index (χ1v) is 10.2. The molecule has 10 nitrogen and oxygen atoms in total. The molecule has 1 aliphatic heterocycles. The third-order valence-electron chi connectivity index (χ3n) is 4.22. The van der Waals surface area contributed by atoms with Gasteiger partial charge in [0.15, 0.2) is 23.0 Å². The molecule has 11 heteroatoms. The summed E-state index contributed by atoms with van der Waals surface area (Å²) in [7, 11) is 1.53. The lowest BCUT2D eigenvalue weighted by Crippen LogP contribution is -2.37. The first-order valence-electron chi connectivity index (χ1n) is 9.35. The van der Waals surface area contributed by atoms with E-state index in [9.17, 15) is 14.4 Å². The molecule has 3 N–H and O–H groups in total. The zero-order valence-electron chi connectivity index (χ0n) is 17.0. The molecule has 1 aromatic carbocycles. The van der Waals surface area contributed by atoms with Crippen LogP contribution in [0.3, 0.4) is 0 Å². The van der Waals surface area contributed by atoms with Gasteiger partial charge in [-0.25, -0.2) is 9.97 Å². The van der Waals surface area contributed by atoms with Crippen molar-refractivity contribution in [2.24, 2.45) is 0 Å². The van der Waals surface area contributed by atoms with Crippen LogP contribution in [0.25, 0.3) is 6.08 Å². The van der Waals surface area contributed by atoms with Crippen LogP contribution in [0.2, 0.25) is 0 Å². The van der Waals surface area contributed by atoms with E-state index in [1.165, 1.54) is 19.5 Å². The van der Waals surface area contributed by atoms with Gasteiger partial charge in [0.05, 0.1) is 18.6 Å². The minimum Gasteiger partial charge on any atom is -0.493 e. The van der Waals surface area contributed by atoms with Crippen molar-refractivity contribution in [3.05, 3.63) is 46.8 Å². The second-order valence-corrected chi connectivity index (χ2v) is 7.22. The van der Waals surface area contributed by atoms with E-state index in [0.717, 1.165) is 16.7 Å². The molecule has 3 rings (SSSR count). The first-order chi connectivity index (χ1) is 14.9. The Balaban J connectivity index is 1.64. The number of methoxy groups -OCH3 is 1. The van der Waals surface area contributed by atoms with Crippen LogP contribution in [-0.4, -0.2) is 58.7 Å². The van der Waals surface area contributed by atoms with Crippen molar-refractivity contribution in [2.45, 2.75) is 6.92 Å². The third kappa shape index (κ3) is 5.12. The van der Waals surface area contributed by atoms with Gasteiger partial charge >= 0.3 is 0 Å². The molecule has 1 fully saturated rings. The molecule has 0 spiro atoms. The number of thioether (sulfide) groups is 1. The van der Waals surface area contributed by atoms with Crippen molar-refractivity contribution in [2.75, 3.05) is 32.5 Å². The standard InChI is InChI=1S/C20H21N5O5S/c1-3-30-13-5-4-12(10-14(13)29-2)11-15-19(27)25(20(28)31-15)9-8-24-18(26)16-17(21)23-7-6-22-16/h4-7,10-11H,3,8-9H2,1-2H3,(H2,21,23)(H,24,26)/b15-11+. The predicted octanol–water partition coefficient (Wildman–Crippen LogP) is 1.93. The highest BCUT2D eigenvalue weighted by Crippen LogP contribution is 2.34. The molecular weight excluding hydrogens is 422 g/mol. The molecule has 0 unspecified atom stereocenters. The van der Waals surface area contributed by atoms with Crippen molar-refractivity contribution in [3.63, 3.8) is 0 Å². The molecule has 1 aliphatic rings. The van der Waals surface area contributed by atoms with Gasteiger partial charge in [0, 0.05) is 25.5 Å². The summed E-state index contributed by atoms with van der Waals surface area (Å²) in [5.41, 5.74) is 6.30. The lowest BCUT2D eigenvalue weighted by molar-refractivity contribution is -0.122. The summed E-state index contributed by atoms with van der Waals surface area (Å²) in [4.78, 5) is 46.1. The molecular formula is C20H21N5O5S. The van der Waals surface area contributed by atoms with Gasteiger partial charge in [0.25, 0.3) is 17.1 Å². The molecule has 1 saturated heterocycles. The minimum atomic E-state index is -0.533. The van der Waals surface area contributed by atoms with Crippen molar-refractivity contribution < 1.29 is 23.9 Å². The second-order valence-electron chi connectivity index (χ2n) is 6.22. The fraction of sp³-hybridized carbons (Fsp3) is 0.250. The van der Waals surface area contributed by atoms with Gasteiger partial charge in [-0.3, -0.25) is 19.3 Å². The van der Waals surface area contributed by atoms with Crippen LogP contribution in [0, 0.1) is 0 Å². The Kier molecular flexibility index (Phi) is 7.08. The van der Waals surface area contributed by atoms with Gasteiger partial charge in [0.2, 0.25) is 0 Å². The normalized spacial score (nSPS) is 14.8. The summed E-state index contributed by atoms with van der Waals surface area (Å²) >= 11 is 0.834. The second kappa shape index (κ2) is 9.94. The van der Waals surface area contributed by atoms with Gasteiger partial charge in [-0.15, -0.1) is 0 Å². The van der Waals surface area contributed by atoms with E-state index in [1.54, 1.807) is 24.3 Å². The highest BCUT2D eigenvalue weighted by molar-refractivity contribution is 8.18. The van der Waals surface area contributed by atoms with Crippen molar-refractivity contribution >= 4 is 40.7 Å². The Morgan fingerprint density at radius 2 is 2.03 bits per heavy atom. The summed E-state index contributed by atoms with van der Waals surface area (Å²) in [6.07, 6.45) is 4.34. The summed E-state index contributed by atoms with van der Waals surface area (Å²) < 4.78 is 10.8. The van der Waals surface area contributed by atoms with E-state index in [0.29, 0.717) is 23.7 Å². The van der Waals surface area contributed by atoms with Crippen LogP contribution >= 0.6 is 11.8 Å². The molecule has 31 heavy (non-hydrogen) atoms. The molecule has 0 aliphatic carbocycles. The molecule has 3 amide bonds. The quantitative estimate of drug-likeness (QED) is 0.586. The maximum Gasteiger partial charge on any atom is 0.293 e. The molecule has 0 saturated carbocycles. The van der Waals surface area contributed by atoms with E-state index >= 15 is 0 Å². The number of nitrogen functional groups attached to an aromatic ring is 1. The van der Waals surface area contributed by atoms with E-state index in [4.69, 9.17) is 15.2 Å². The molecule has 0 atom stereocenters. The number of amides is 3. The van der Waals surface area contributed by atoms with Gasteiger partial charge in [-0.2, -0.15) is 0 Å². The number of nitrogens with zero attached hydrogens (tertiary/aromatic N) is 3. The monoisotopic (exact) mass is 443 g/mol. The SMILES string of the molecule is CCOc1ccc(/C=C2/SC(=O)N(CCNC(=O)c3nccnc3N)C2=O)cc1OC. The smallest absolute Gasteiger partial charge is 0.293 e. The van der Waals surface area contributed by atoms with Crippen molar-refractivity contribution in [3.8, 4) is 11.5 Å². The summed E-state index contributed by atoms with van der Waals surface area (Å²) in [6.45, 7) is 2.43. The van der Waals surface area contributed by atoms with Gasteiger partial charge in [-0.05, 0) is 42.5 Å². The number of nitrogens with two attached hydrogens (primary N) is 1. The number of nitrogens with one attached hydrogen (secondary N) is 1. The predicted molar refractivity (Wildman–Crippen MR) is 116 cm³/mol. The van der Waals surface area contributed by atoms with Crippen LogP contribution in [-0.2, 0) is 4.79 Å². The van der Waals surface area contributed by atoms with E-state index in [1.807, 2.05) is 6.92 Å². The number of aromatic nitrogens is 2. The number of hydrogen-bond acceptors (Lipinski definition) is 9. The summed E-state index contributed by atoms with van der Waals surface area (Å²) in [5.74, 6) is 0.154. The van der Waals surface area contributed by atoms with E-state index in [2.05, 4.69) is 15.3 Å². The highest BCUT2D eigenvalue weighted by Gasteiger charge is 2.34. The van der Waals surface area contributed by atoms with E-state index < -0.39 is 17.1 Å². The Morgan fingerprint density at radius 1 is 1.26 bits per heavy atom. The largest absolute Gasteiger partial charge is 0.493 e.